The quantitative estimate of drug-likeness (QED) is 0.533. The highest BCUT2D eigenvalue weighted by atomic mass is 32.2. The summed E-state index contributed by atoms with van der Waals surface area (Å²) in [5.74, 6) is 0.205. The summed E-state index contributed by atoms with van der Waals surface area (Å²) in [6.07, 6.45) is 8.77. The van der Waals surface area contributed by atoms with Crippen LogP contribution in [0.25, 0.3) is 5.65 Å². The van der Waals surface area contributed by atoms with Gasteiger partial charge in [-0.3, -0.25) is 9.52 Å². The second kappa shape index (κ2) is 9.18. The van der Waals surface area contributed by atoms with Crippen molar-refractivity contribution in [2.75, 3.05) is 17.5 Å². The van der Waals surface area contributed by atoms with Gasteiger partial charge in [-0.1, -0.05) is 0 Å². The number of carbonyl (C=O) groups excluding carboxylic acids is 1. The van der Waals surface area contributed by atoms with Gasteiger partial charge in [-0.25, -0.2) is 17.9 Å². The van der Waals surface area contributed by atoms with E-state index in [1.807, 2.05) is 22.5 Å². The lowest BCUT2D eigenvalue weighted by molar-refractivity contribution is 0.0612. The number of aryl methyl sites for hydroxylation is 2. The van der Waals surface area contributed by atoms with Gasteiger partial charge < -0.3 is 10.6 Å². The number of fused-ring (bicyclic) bond motifs is 1. The maximum absolute atomic E-state index is 13.7. The summed E-state index contributed by atoms with van der Waals surface area (Å²) < 4.78 is 28.1. The minimum absolute atomic E-state index is 0.166. The van der Waals surface area contributed by atoms with Crippen LogP contribution in [0, 0.1) is 13.8 Å². The fourth-order valence-electron chi connectivity index (χ4n) is 5.43. The zero-order valence-electron chi connectivity index (χ0n) is 20.3. The Bertz CT molecular complexity index is 1380. The predicted octanol–water partition coefficient (Wildman–Crippen LogP) is 3.74. The van der Waals surface area contributed by atoms with Crippen molar-refractivity contribution in [1.82, 2.24) is 19.5 Å². The van der Waals surface area contributed by atoms with Crippen LogP contribution >= 0.6 is 11.3 Å². The van der Waals surface area contributed by atoms with Gasteiger partial charge in [0.25, 0.3) is 5.91 Å². The number of nitrogens with two attached hydrogens (primary N) is 1. The molecule has 4 heterocycles. The van der Waals surface area contributed by atoms with E-state index in [4.69, 9.17) is 15.8 Å². The predicted molar refractivity (Wildman–Crippen MR) is 137 cm³/mol. The Morgan fingerprint density at radius 3 is 2.71 bits per heavy atom. The van der Waals surface area contributed by atoms with E-state index in [1.165, 1.54) is 11.3 Å². The Labute approximate surface area is 209 Å². The van der Waals surface area contributed by atoms with Crippen LogP contribution in [-0.4, -0.2) is 52.7 Å². The van der Waals surface area contributed by atoms with E-state index in [9.17, 15) is 13.2 Å². The standard InChI is InChI=1S/C24H32N6O3S2/c1-14-10-21-26-19(13-30(21)27-22(14)16-7-8-17(25)12-16)20-6-4-5-9-29(20)24(31)23-18(11-15(2)34-23)28-35(3,32)33/h10-11,13,16-17,20,28H,4-9,12,25H2,1-3H3/t16?,17-,20-/m0/s1. The van der Waals surface area contributed by atoms with Crippen molar-refractivity contribution < 1.29 is 13.2 Å². The fraction of sp³-hybridized carbons (Fsp3) is 0.542. The van der Waals surface area contributed by atoms with E-state index in [2.05, 4.69) is 17.7 Å². The Morgan fingerprint density at radius 2 is 2.00 bits per heavy atom. The molecule has 0 aromatic carbocycles. The van der Waals surface area contributed by atoms with E-state index in [1.54, 1.807) is 6.07 Å². The normalized spacial score (nSPS) is 23.2. The Balaban J connectivity index is 1.47. The SMILES string of the molecule is Cc1cc(NS(C)(=O)=O)c(C(=O)N2CCCC[C@H]2c2cn3nc(C4CC[C@H](N)C4)c(C)cc3n2)s1. The van der Waals surface area contributed by atoms with Gasteiger partial charge in [0.05, 0.1) is 35.6 Å². The molecule has 0 radical (unpaired) electrons. The minimum atomic E-state index is -3.50. The molecule has 1 saturated heterocycles. The number of sulfonamides is 1. The van der Waals surface area contributed by atoms with Gasteiger partial charge in [0, 0.05) is 23.4 Å². The van der Waals surface area contributed by atoms with Crippen LogP contribution in [0.3, 0.4) is 0 Å². The first-order valence-corrected chi connectivity index (χ1v) is 14.8. The van der Waals surface area contributed by atoms with E-state index in [0.717, 1.165) is 72.3 Å². The summed E-state index contributed by atoms with van der Waals surface area (Å²) in [6, 6.07) is 3.84. The molecule has 3 aromatic heterocycles. The number of aromatic nitrogens is 3. The molecule has 3 aromatic rings. The third-order valence-electron chi connectivity index (χ3n) is 7.01. The molecule has 2 aliphatic rings. The molecular formula is C24H32N6O3S2. The number of nitrogens with one attached hydrogen (secondary N) is 1. The lowest BCUT2D eigenvalue weighted by atomic mass is 9.99. The zero-order chi connectivity index (χ0) is 24.9. The molecule has 35 heavy (non-hydrogen) atoms. The molecule has 1 aliphatic carbocycles. The third-order valence-corrected chi connectivity index (χ3v) is 8.64. The van der Waals surface area contributed by atoms with Crippen LogP contribution in [0.15, 0.2) is 18.3 Å². The Hall–Kier alpha value is -2.50. The highest BCUT2D eigenvalue weighted by Gasteiger charge is 2.33. The van der Waals surface area contributed by atoms with Crippen LogP contribution in [0.2, 0.25) is 0 Å². The van der Waals surface area contributed by atoms with E-state index >= 15 is 0 Å². The molecule has 1 aliphatic heterocycles. The lowest BCUT2D eigenvalue weighted by Gasteiger charge is -2.34. The number of anilines is 1. The van der Waals surface area contributed by atoms with Crippen molar-refractivity contribution in [2.45, 2.75) is 70.4 Å². The molecule has 1 amide bonds. The smallest absolute Gasteiger partial charge is 0.266 e. The summed E-state index contributed by atoms with van der Waals surface area (Å²) in [5.41, 5.74) is 10.3. The first-order chi connectivity index (χ1) is 16.6. The average Bonchev–Trinajstić information content (AvgIpc) is 3.49. The highest BCUT2D eigenvalue weighted by Crippen LogP contribution is 2.37. The van der Waals surface area contributed by atoms with Gasteiger partial charge in [-0.2, -0.15) is 5.10 Å². The molecule has 1 unspecified atom stereocenters. The van der Waals surface area contributed by atoms with Crippen LogP contribution in [0.4, 0.5) is 5.69 Å². The Morgan fingerprint density at radius 1 is 1.20 bits per heavy atom. The van der Waals surface area contributed by atoms with Crippen molar-refractivity contribution in [3.8, 4) is 0 Å². The highest BCUT2D eigenvalue weighted by molar-refractivity contribution is 7.92. The van der Waals surface area contributed by atoms with Gasteiger partial charge in [-0.05, 0) is 70.1 Å². The minimum Gasteiger partial charge on any atom is -0.329 e. The van der Waals surface area contributed by atoms with Crippen molar-refractivity contribution in [2.24, 2.45) is 5.73 Å². The van der Waals surface area contributed by atoms with Crippen LogP contribution < -0.4 is 10.5 Å². The zero-order valence-corrected chi connectivity index (χ0v) is 22.0. The maximum atomic E-state index is 13.7. The first kappa shape index (κ1) is 24.2. The topological polar surface area (TPSA) is 123 Å². The Kier molecular flexibility index (Phi) is 6.35. The molecule has 2 fully saturated rings. The fourth-order valence-corrected chi connectivity index (χ4v) is 6.98. The third kappa shape index (κ3) is 4.94. The second-order valence-corrected chi connectivity index (χ2v) is 12.9. The number of hydrogen-bond acceptors (Lipinski definition) is 7. The van der Waals surface area contributed by atoms with Crippen LogP contribution in [0.5, 0.6) is 0 Å². The van der Waals surface area contributed by atoms with Crippen molar-refractivity contribution in [3.05, 3.63) is 45.0 Å². The lowest BCUT2D eigenvalue weighted by Crippen LogP contribution is -2.38. The second-order valence-electron chi connectivity index (χ2n) is 9.94. The van der Waals surface area contributed by atoms with Crippen LogP contribution in [0.1, 0.15) is 82.0 Å². The summed E-state index contributed by atoms with van der Waals surface area (Å²) in [4.78, 5) is 21.7. The maximum Gasteiger partial charge on any atom is 0.266 e. The number of amides is 1. The van der Waals surface area contributed by atoms with Gasteiger partial charge in [0.15, 0.2) is 5.65 Å². The monoisotopic (exact) mass is 516 g/mol. The van der Waals surface area contributed by atoms with Crippen molar-refractivity contribution >= 4 is 38.6 Å². The number of piperidine rings is 1. The summed E-state index contributed by atoms with van der Waals surface area (Å²) >= 11 is 1.31. The number of carbonyl (C=O) groups is 1. The molecule has 9 nitrogen and oxygen atoms in total. The number of rotatable bonds is 5. The van der Waals surface area contributed by atoms with Gasteiger partial charge >= 0.3 is 0 Å². The summed E-state index contributed by atoms with van der Waals surface area (Å²) in [6.45, 7) is 4.55. The average molecular weight is 517 g/mol. The van der Waals surface area contributed by atoms with E-state index < -0.39 is 10.0 Å². The molecule has 0 bridgehead atoms. The number of thiophene rings is 1. The largest absolute Gasteiger partial charge is 0.329 e. The first-order valence-electron chi connectivity index (χ1n) is 12.1. The number of nitrogens with zero attached hydrogens (tertiary/aromatic N) is 4. The number of hydrogen-bond donors (Lipinski definition) is 2. The molecule has 1 saturated carbocycles. The van der Waals surface area contributed by atoms with Gasteiger partial charge in [0.2, 0.25) is 10.0 Å². The van der Waals surface area contributed by atoms with E-state index in [0.29, 0.717) is 23.0 Å². The molecule has 11 heteroatoms. The summed E-state index contributed by atoms with van der Waals surface area (Å²) in [5, 5.41) is 4.91. The molecular weight excluding hydrogens is 484 g/mol. The van der Waals surface area contributed by atoms with Gasteiger partial charge in [-0.15, -0.1) is 11.3 Å². The molecule has 188 valence electrons. The van der Waals surface area contributed by atoms with Crippen molar-refractivity contribution in [1.29, 1.82) is 0 Å². The number of imidazole rings is 1. The van der Waals surface area contributed by atoms with Crippen LogP contribution in [-0.2, 0) is 10.0 Å². The van der Waals surface area contributed by atoms with Gasteiger partial charge in [0.1, 0.15) is 4.88 Å². The van der Waals surface area contributed by atoms with Crippen molar-refractivity contribution in [3.63, 3.8) is 0 Å². The van der Waals surface area contributed by atoms with E-state index in [-0.39, 0.29) is 18.0 Å². The molecule has 5 rings (SSSR count). The molecule has 3 N–H and O–H groups in total. The summed E-state index contributed by atoms with van der Waals surface area (Å²) in [7, 11) is -3.50. The molecule has 3 atom stereocenters. The molecule has 0 spiro atoms. The number of likely N-dealkylation sites (tertiary alicyclic amines) is 1.